The third kappa shape index (κ3) is 8.31. The molecule has 0 atom stereocenters. The fraction of sp³-hybridized carbons (Fsp3) is 1.00. The van der Waals surface area contributed by atoms with Gasteiger partial charge in [0.05, 0.1) is 0 Å². The zero-order valence-corrected chi connectivity index (χ0v) is 8.04. The van der Waals surface area contributed by atoms with Gasteiger partial charge in [-0.15, -0.1) is 0 Å². The van der Waals surface area contributed by atoms with Crippen LogP contribution in [0.1, 0.15) is 27.2 Å². The van der Waals surface area contributed by atoms with Crippen molar-refractivity contribution in [2.45, 2.75) is 32.4 Å². The van der Waals surface area contributed by atoms with E-state index in [9.17, 15) is 0 Å². The number of hydrogen-bond acceptors (Lipinski definition) is 2. The summed E-state index contributed by atoms with van der Waals surface area (Å²) in [5, 5.41) is 0.765. The van der Waals surface area contributed by atoms with Gasteiger partial charge in [-0.25, -0.2) is 0 Å². The summed E-state index contributed by atoms with van der Waals surface area (Å²) < 4.78 is 5.20. The smallest absolute Gasteiger partial charge is 0.0473 e. The van der Waals surface area contributed by atoms with Gasteiger partial charge in [-0.05, 0) is 24.3 Å². The molecule has 0 heterocycles. The lowest BCUT2D eigenvalue weighted by molar-refractivity contribution is 0.149. The van der Waals surface area contributed by atoms with Crippen LogP contribution < -0.4 is 0 Å². The molecule has 2 heteroatoms. The molecule has 0 N–H and O–H groups in total. The van der Waals surface area contributed by atoms with Crippen molar-refractivity contribution in [1.82, 2.24) is 0 Å². The number of hydrogen-bond donors (Lipinski definition) is 0. The lowest BCUT2D eigenvalue weighted by atomic mass is 10.5. The molecule has 0 aromatic carbocycles. The van der Waals surface area contributed by atoms with Crippen LogP contribution in [0.15, 0.2) is 0 Å². The molecule has 10 heavy (non-hydrogen) atoms. The van der Waals surface area contributed by atoms with Crippen molar-refractivity contribution < 1.29 is 4.74 Å². The molecule has 0 rings (SSSR count). The van der Waals surface area contributed by atoms with Gasteiger partial charge in [0.15, 0.2) is 0 Å². The van der Waals surface area contributed by atoms with E-state index in [1.54, 1.807) is 0 Å². The molecule has 0 amide bonds. The van der Waals surface area contributed by atoms with Gasteiger partial charge in [0.2, 0.25) is 0 Å². The van der Waals surface area contributed by atoms with Crippen molar-refractivity contribution >= 4 is 11.8 Å². The first kappa shape index (κ1) is 10.3. The van der Waals surface area contributed by atoms with Crippen LogP contribution >= 0.6 is 11.8 Å². The summed E-state index contributed by atoms with van der Waals surface area (Å²) in [7, 11) is 0. The molecule has 0 aliphatic carbocycles. The topological polar surface area (TPSA) is 9.23 Å². The minimum absolute atomic E-state index is 0.765. The summed E-state index contributed by atoms with van der Waals surface area (Å²) in [6, 6.07) is 0. The van der Waals surface area contributed by atoms with Gasteiger partial charge in [0.25, 0.3) is 0 Å². The molecule has 0 spiro atoms. The first-order chi connectivity index (χ1) is 4.77. The maximum atomic E-state index is 5.20. The van der Waals surface area contributed by atoms with Crippen molar-refractivity contribution in [2.24, 2.45) is 0 Å². The van der Waals surface area contributed by atoms with E-state index in [4.69, 9.17) is 4.74 Å². The molecule has 0 radical (unpaired) electrons. The van der Waals surface area contributed by atoms with E-state index in [2.05, 4.69) is 13.8 Å². The molecule has 0 unspecified atom stereocenters. The Balaban J connectivity index is 2.77. The fourth-order valence-electron chi connectivity index (χ4n) is 0.624. The molecule has 62 valence electrons. The van der Waals surface area contributed by atoms with Crippen molar-refractivity contribution in [1.29, 1.82) is 0 Å². The second kappa shape index (κ2) is 7.42. The van der Waals surface area contributed by atoms with E-state index in [1.165, 1.54) is 12.2 Å². The fourth-order valence-corrected chi connectivity index (χ4v) is 1.38. The van der Waals surface area contributed by atoms with Crippen LogP contribution in [0.3, 0.4) is 0 Å². The maximum absolute atomic E-state index is 5.20. The Morgan fingerprint density at radius 2 is 2.10 bits per heavy atom. The Morgan fingerprint density at radius 1 is 1.40 bits per heavy atom. The van der Waals surface area contributed by atoms with Gasteiger partial charge in [-0.1, -0.05) is 13.8 Å². The molecule has 0 aromatic heterocycles. The normalized spacial score (nSPS) is 10.8. The Kier molecular flexibility index (Phi) is 7.65. The molecular formula is C8H18OS. The molecule has 0 fully saturated rings. The van der Waals surface area contributed by atoms with E-state index in [0.717, 1.165) is 18.5 Å². The second-order valence-electron chi connectivity index (χ2n) is 2.47. The highest BCUT2D eigenvalue weighted by molar-refractivity contribution is 7.99. The van der Waals surface area contributed by atoms with Crippen LogP contribution in [0.4, 0.5) is 0 Å². The van der Waals surface area contributed by atoms with Gasteiger partial charge >= 0.3 is 0 Å². The summed E-state index contributed by atoms with van der Waals surface area (Å²) >= 11 is 2.00. The Morgan fingerprint density at radius 3 is 2.60 bits per heavy atom. The second-order valence-corrected chi connectivity index (χ2v) is 4.15. The van der Waals surface area contributed by atoms with E-state index in [1.807, 2.05) is 18.7 Å². The Bertz CT molecular complexity index is 64.3. The Hall–Kier alpha value is 0.310. The zero-order valence-electron chi connectivity index (χ0n) is 7.22. The van der Waals surface area contributed by atoms with Gasteiger partial charge in [-0.3, -0.25) is 0 Å². The molecule has 0 saturated heterocycles. The highest BCUT2D eigenvalue weighted by Crippen LogP contribution is 2.09. The number of rotatable bonds is 6. The average molecular weight is 162 g/mol. The van der Waals surface area contributed by atoms with Crippen molar-refractivity contribution in [3.63, 3.8) is 0 Å². The first-order valence-electron chi connectivity index (χ1n) is 3.96. The van der Waals surface area contributed by atoms with Crippen LogP contribution in [0.5, 0.6) is 0 Å². The predicted octanol–water partition coefficient (Wildman–Crippen LogP) is 2.55. The summed E-state index contributed by atoms with van der Waals surface area (Å²) in [5.41, 5.74) is 0. The lowest BCUT2D eigenvalue weighted by Crippen LogP contribution is -1.97. The van der Waals surface area contributed by atoms with Crippen LogP contribution in [-0.4, -0.2) is 24.2 Å². The maximum Gasteiger partial charge on any atom is 0.0473 e. The lowest BCUT2D eigenvalue weighted by Gasteiger charge is -2.03. The number of thioether (sulfide) groups is 1. The predicted molar refractivity (Wildman–Crippen MR) is 48.7 cm³/mol. The monoisotopic (exact) mass is 162 g/mol. The van der Waals surface area contributed by atoms with Gasteiger partial charge in [-0.2, -0.15) is 11.8 Å². The molecular weight excluding hydrogens is 144 g/mol. The van der Waals surface area contributed by atoms with Gasteiger partial charge in [0, 0.05) is 13.2 Å². The third-order valence-electron chi connectivity index (χ3n) is 1.09. The van der Waals surface area contributed by atoms with Crippen LogP contribution in [0.25, 0.3) is 0 Å². The average Bonchev–Trinajstić information content (AvgIpc) is 1.87. The zero-order chi connectivity index (χ0) is 7.82. The van der Waals surface area contributed by atoms with Gasteiger partial charge in [0.1, 0.15) is 0 Å². The summed E-state index contributed by atoms with van der Waals surface area (Å²) in [6.07, 6.45) is 1.19. The number of ether oxygens (including phenoxy) is 1. The van der Waals surface area contributed by atoms with Crippen molar-refractivity contribution in [3.05, 3.63) is 0 Å². The van der Waals surface area contributed by atoms with Crippen molar-refractivity contribution in [3.8, 4) is 0 Å². The van der Waals surface area contributed by atoms with Crippen LogP contribution in [0.2, 0.25) is 0 Å². The first-order valence-corrected chi connectivity index (χ1v) is 5.01. The molecule has 0 aliphatic rings. The minimum Gasteiger partial charge on any atom is -0.382 e. The standard InChI is InChI=1S/C8H18OS/c1-4-9-6-5-7-10-8(2)3/h8H,4-7H2,1-3H3. The molecule has 0 bridgehead atoms. The summed E-state index contributed by atoms with van der Waals surface area (Å²) in [6.45, 7) is 8.27. The van der Waals surface area contributed by atoms with Crippen molar-refractivity contribution in [2.75, 3.05) is 19.0 Å². The van der Waals surface area contributed by atoms with E-state index >= 15 is 0 Å². The quantitative estimate of drug-likeness (QED) is 0.555. The SMILES string of the molecule is CCOCCCSC(C)C. The highest BCUT2D eigenvalue weighted by Gasteiger charge is 1.92. The van der Waals surface area contributed by atoms with E-state index in [-0.39, 0.29) is 0 Å². The van der Waals surface area contributed by atoms with Crippen LogP contribution in [0, 0.1) is 0 Å². The Labute approximate surface area is 68.5 Å². The molecule has 1 nitrogen and oxygen atoms in total. The van der Waals surface area contributed by atoms with E-state index < -0.39 is 0 Å². The largest absolute Gasteiger partial charge is 0.382 e. The van der Waals surface area contributed by atoms with Gasteiger partial charge < -0.3 is 4.74 Å². The molecule has 0 aliphatic heterocycles. The molecule has 0 saturated carbocycles. The molecule has 0 aromatic rings. The highest BCUT2D eigenvalue weighted by atomic mass is 32.2. The van der Waals surface area contributed by atoms with Crippen LogP contribution in [-0.2, 0) is 4.74 Å². The minimum atomic E-state index is 0.765. The summed E-state index contributed by atoms with van der Waals surface area (Å²) in [5.74, 6) is 1.23. The third-order valence-corrected chi connectivity index (χ3v) is 2.28. The summed E-state index contributed by atoms with van der Waals surface area (Å²) in [4.78, 5) is 0. The van der Waals surface area contributed by atoms with E-state index in [0.29, 0.717) is 0 Å².